The van der Waals surface area contributed by atoms with Crippen molar-refractivity contribution < 1.29 is 22.8 Å². The first-order chi connectivity index (χ1) is 8.97. The minimum atomic E-state index is -3.23. The second-order valence-corrected chi connectivity index (χ2v) is 13.5. The Morgan fingerprint density at radius 3 is 2.05 bits per heavy atom. The highest BCUT2D eigenvalue weighted by molar-refractivity contribution is 7.54. The minimum Gasteiger partial charge on any atom is -0.417 e. The first-order valence-electron chi connectivity index (χ1n) is 6.83. The molecule has 20 heavy (non-hydrogen) atoms. The van der Waals surface area contributed by atoms with E-state index in [1.54, 1.807) is 0 Å². The molecule has 0 saturated heterocycles. The lowest BCUT2D eigenvalue weighted by atomic mass is 10.2. The van der Waals surface area contributed by atoms with Crippen LogP contribution in [-0.4, -0.2) is 41.1 Å². The average molecular weight is 324 g/mol. The Balaban J connectivity index is 4.09. The van der Waals surface area contributed by atoms with E-state index >= 15 is 0 Å². The summed E-state index contributed by atoms with van der Waals surface area (Å²) in [5.41, 5.74) is 0. The molecule has 7 heteroatoms. The molecule has 0 aliphatic heterocycles. The molecule has 0 aliphatic rings. The van der Waals surface area contributed by atoms with Crippen LogP contribution in [0.25, 0.3) is 0 Å². The number of hydrogen-bond acceptors (Lipinski definition) is 5. The Morgan fingerprint density at radius 2 is 1.65 bits per heavy atom. The summed E-state index contributed by atoms with van der Waals surface area (Å²) in [7, 11) is -2.40. The normalized spacial score (nSPS) is 13.6. The zero-order valence-electron chi connectivity index (χ0n) is 13.8. The molecule has 0 amide bonds. The molecular weight excluding hydrogens is 295 g/mol. The van der Waals surface area contributed by atoms with Crippen molar-refractivity contribution in [2.45, 2.75) is 51.7 Å². The van der Waals surface area contributed by atoms with E-state index in [-0.39, 0.29) is 17.0 Å². The lowest BCUT2D eigenvalue weighted by Crippen LogP contribution is -2.41. The van der Waals surface area contributed by atoms with Crippen LogP contribution in [0.2, 0.25) is 18.1 Å². The highest BCUT2D eigenvalue weighted by atomic mass is 31.2. The summed E-state index contributed by atoms with van der Waals surface area (Å²) in [6, 6.07) is 0. The molecule has 0 saturated carbocycles. The zero-order valence-corrected chi connectivity index (χ0v) is 15.7. The SMILES string of the molecule is COP(=O)(CC(=O)CCCO[Si](C)(C)C(C)(C)C)OC. The molecule has 5 nitrogen and oxygen atoms in total. The van der Waals surface area contributed by atoms with Gasteiger partial charge in [-0.2, -0.15) is 0 Å². The van der Waals surface area contributed by atoms with Gasteiger partial charge < -0.3 is 13.5 Å². The number of carbonyl (C=O) groups excluding carboxylic acids is 1. The second kappa shape index (κ2) is 7.85. The maximum absolute atomic E-state index is 11.8. The summed E-state index contributed by atoms with van der Waals surface area (Å²) in [4.78, 5) is 11.7. The summed E-state index contributed by atoms with van der Waals surface area (Å²) >= 11 is 0. The molecule has 0 aliphatic carbocycles. The molecule has 0 radical (unpaired) electrons. The average Bonchev–Trinajstić information content (AvgIpc) is 2.33. The highest BCUT2D eigenvalue weighted by Crippen LogP contribution is 2.46. The van der Waals surface area contributed by atoms with Gasteiger partial charge in [-0.1, -0.05) is 20.8 Å². The molecule has 0 aromatic carbocycles. The Morgan fingerprint density at radius 1 is 1.15 bits per heavy atom. The van der Waals surface area contributed by atoms with Gasteiger partial charge in [0.05, 0.1) is 0 Å². The molecule has 0 unspecified atom stereocenters. The minimum absolute atomic E-state index is 0.115. The highest BCUT2D eigenvalue weighted by Gasteiger charge is 2.36. The third kappa shape index (κ3) is 6.63. The van der Waals surface area contributed by atoms with E-state index in [1.807, 2.05) is 0 Å². The van der Waals surface area contributed by atoms with E-state index in [4.69, 9.17) is 13.5 Å². The molecule has 0 aromatic rings. The Labute approximate surface area is 124 Å². The largest absolute Gasteiger partial charge is 0.417 e. The maximum atomic E-state index is 11.8. The van der Waals surface area contributed by atoms with Crippen LogP contribution in [0.1, 0.15) is 33.6 Å². The maximum Gasteiger partial charge on any atom is 0.337 e. The topological polar surface area (TPSA) is 61.8 Å². The molecule has 0 rings (SSSR count). The van der Waals surface area contributed by atoms with Crippen molar-refractivity contribution in [1.29, 1.82) is 0 Å². The van der Waals surface area contributed by atoms with Gasteiger partial charge in [0.1, 0.15) is 11.9 Å². The molecule has 0 heterocycles. The molecule has 0 fully saturated rings. The lowest BCUT2D eigenvalue weighted by molar-refractivity contribution is -0.117. The van der Waals surface area contributed by atoms with Crippen LogP contribution in [0, 0.1) is 0 Å². The van der Waals surface area contributed by atoms with Crippen molar-refractivity contribution in [2.75, 3.05) is 27.0 Å². The van der Waals surface area contributed by atoms with E-state index < -0.39 is 15.9 Å². The van der Waals surface area contributed by atoms with Gasteiger partial charge in [0, 0.05) is 27.2 Å². The third-order valence-electron chi connectivity index (χ3n) is 3.80. The Kier molecular flexibility index (Phi) is 7.85. The first-order valence-corrected chi connectivity index (χ1v) is 11.5. The molecule has 120 valence electrons. The monoisotopic (exact) mass is 324 g/mol. The van der Waals surface area contributed by atoms with Crippen molar-refractivity contribution in [1.82, 2.24) is 0 Å². The van der Waals surface area contributed by atoms with E-state index in [2.05, 4.69) is 33.9 Å². The molecule has 0 atom stereocenters. The number of ketones is 1. The van der Waals surface area contributed by atoms with Crippen molar-refractivity contribution >= 4 is 21.7 Å². The second-order valence-electron chi connectivity index (χ2n) is 6.39. The van der Waals surface area contributed by atoms with Gasteiger partial charge in [-0.15, -0.1) is 0 Å². The van der Waals surface area contributed by atoms with Gasteiger partial charge in [0.25, 0.3) is 0 Å². The quantitative estimate of drug-likeness (QED) is 0.366. The van der Waals surface area contributed by atoms with Gasteiger partial charge >= 0.3 is 7.60 Å². The Bertz CT molecular complexity index is 354. The van der Waals surface area contributed by atoms with Crippen LogP contribution in [0.5, 0.6) is 0 Å². The third-order valence-corrected chi connectivity index (χ3v) is 10.2. The van der Waals surface area contributed by atoms with Gasteiger partial charge in [-0.25, -0.2) is 0 Å². The molecule has 0 bridgehead atoms. The summed E-state index contributed by atoms with van der Waals surface area (Å²) < 4.78 is 27.3. The van der Waals surface area contributed by atoms with Crippen LogP contribution in [0.15, 0.2) is 0 Å². The van der Waals surface area contributed by atoms with Gasteiger partial charge in [-0.05, 0) is 24.6 Å². The van der Waals surface area contributed by atoms with E-state index in [0.29, 0.717) is 19.4 Å². The molecule has 0 aromatic heterocycles. The van der Waals surface area contributed by atoms with Crippen LogP contribution in [0.3, 0.4) is 0 Å². The van der Waals surface area contributed by atoms with E-state index in [1.165, 1.54) is 14.2 Å². The fourth-order valence-electron chi connectivity index (χ4n) is 1.31. The Hall–Kier alpha value is -0.00312. The van der Waals surface area contributed by atoms with Crippen LogP contribution in [0.4, 0.5) is 0 Å². The van der Waals surface area contributed by atoms with Crippen LogP contribution < -0.4 is 0 Å². The summed E-state index contributed by atoms with van der Waals surface area (Å²) in [6.07, 6.45) is 0.810. The number of rotatable bonds is 9. The number of Topliss-reactive ketones (excluding diaryl/α,β-unsaturated/α-hetero) is 1. The van der Waals surface area contributed by atoms with Crippen LogP contribution in [-0.2, 0) is 22.8 Å². The first kappa shape index (κ1) is 20.0. The summed E-state index contributed by atoms with van der Waals surface area (Å²) in [6.45, 7) is 11.5. The lowest BCUT2D eigenvalue weighted by Gasteiger charge is -2.36. The van der Waals surface area contributed by atoms with E-state index in [0.717, 1.165) is 0 Å². The van der Waals surface area contributed by atoms with Gasteiger partial charge in [0.2, 0.25) is 0 Å². The molecular formula is C13H29O5PSi. The predicted octanol–water partition coefficient (Wildman–Crippen LogP) is 3.84. The van der Waals surface area contributed by atoms with Crippen molar-refractivity contribution in [3.05, 3.63) is 0 Å². The summed E-state index contributed by atoms with van der Waals surface area (Å²) in [5.74, 6) is -0.115. The van der Waals surface area contributed by atoms with Gasteiger partial charge in [0.15, 0.2) is 8.32 Å². The van der Waals surface area contributed by atoms with Crippen molar-refractivity contribution in [3.63, 3.8) is 0 Å². The smallest absolute Gasteiger partial charge is 0.337 e. The van der Waals surface area contributed by atoms with E-state index in [9.17, 15) is 9.36 Å². The van der Waals surface area contributed by atoms with Gasteiger partial charge in [-0.3, -0.25) is 9.36 Å². The fraction of sp³-hybridized carbons (Fsp3) is 0.923. The fourth-order valence-corrected chi connectivity index (χ4v) is 3.40. The summed E-state index contributed by atoms with van der Waals surface area (Å²) in [5, 5.41) is 0.165. The molecule has 0 N–H and O–H groups in total. The number of hydrogen-bond donors (Lipinski definition) is 0. The predicted molar refractivity (Wildman–Crippen MR) is 83.9 cm³/mol. The van der Waals surface area contributed by atoms with Crippen molar-refractivity contribution in [3.8, 4) is 0 Å². The zero-order chi connectivity index (χ0) is 16.0. The standard InChI is InChI=1S/C13H29O5PSi/c1-13(2,3)20(6,7)18-10-8-9-12(14)11-19(15,16-4)17-5/h8-11H2,1-7H3. The van der Waals surface area contributed by atoms with Crippen LogP contribution >= 0.6 is 7.60 Å². The number of carbonyl (C=O) groups is 1. The van der Waals surface area contributed by atoms with Crippen molar-refractivity contribution in [2.24, 2.45) is 0 Å². The molecule has 0 spiro atoms.